The second-order valence-corrected chi connectivity index (χ2v) is 15.4. The summed E-state index contributed by atoms with van der Waals surface area (Å²) < 4.78 is 16.7. The monoisotopic (exact) mass is 843 g/mol. The molecule has 0 saturated carbocycles. The van der Waals surface area contributed by atoms with E-state index in [2.05, 4.69) is 106 Å². The third kappa shape index (κ3) is 46.7. The molecule has 0 heterocycles. The maximum Gasteiger partial charge on any atom is 0.306 e. The average Bonchev–Trinajstić information content (AvgIpc) is 3.26. The van der Waals surface area contributed by atoms with Gasteiger partial charge in [0.1, 0.15) is 13.2 Å². The summed E-state index contributed by atoms with van der Waals surface area (Å²) in [5.74, 6) is -1.03. The van der Waals surface area contributed by atoms with Crippen LogP contribution in [0.1, 0.15) is 188 Å². The Morgan fingerprint density at radius 3 is 1.25 bits per heavy atom. The van der Waals surface area contributed by atoms with Crippen LogP contribution >= 0.6 is 0 Å². The summed E-state index contributed by atoms with van der Waals surface area (Å²) in [7, 11) is 0. The van der Waals surface area contributed by atoms with Crippen molar-refractivity contribution in [1.82, 2.24) is 0 Å². The Morgan fingerprint density at radius 2 is 0.721 bits per heavy atom. The predicted molar refractivity (Wildman–Crippen MR) is 260 cm³/mol. The minimum Gasteiger partial charge on any atom is -0.462 e. The molecule has 0 bridgehead atoms. The van der Waals surface area contributed by atoms with Crippen molar-refractivity contribution in [2.24, 2.45) is 0 Å². The lowest BCUT2D eigenvalue weighted by Gasteiger charge is -2.18. The molecular formula is C55H86O6. The quantitative estimate of drug-likeness (QED) is 0.0201. The third-order valence-electron chi connectivity index (χ3n) is 9.59. The van der Waals surface area contributed by atoms with Gasteiger partial charge in [-0.2, -0.15) is 0 Å². The molecule has 0 N–H and O–H groups in total. The third-order valence-corrected chi connectivity index (χ3v) is 9.59. The van der Waals surface area contributed by atoms with Gasteiger partial charge in [-0.15, -0.1) is 0 Å². The molecule has 0 amide bonds. The first-order valence-corrected chi connectivity index (χ1v) is 24.1. The summed E-state index contributed by atoms with van der Waals surface area (Å²) in [6.07, 6.45) is 66.1. The molecule has 6 heteroatoms. The smallest absolute Gasteiger partial charge is 0.306 e. The number of carbonyl (C=O) groups is 3. The van der Waals surface area contributed by atoms with Crippen molar-refractivity contribution in [2.75, 3.05) is 13.2 Å². The Balaban J connectivity index is 4.54. The minimum absolute atomic E-state index is 0.121. The van der Waals surface area contributed by atoms with Crippen LogP contribution < -0.4 is 0 Å². The van der Waals surface area contributed by atoms with Crippen LogP contribution in [0.2, 0.25) is 0 Å². The molecule has 0 saturated heterocycles. The maximum atomic E-state index is 12.7. The topological polar surface area (TPSA) is 78.9 Å². The fraction of sp³-hybridized carbons (Fsp3) is 0.582. The van der Waals surface area contributed by atoms with Crippen molar-refractivity contribution in [2.45, 2.75) is 194 Å². The Bertz CT molecular complexity index is 1340. The van der Waals surface area contributed by atoms with E-state index in [1.807, 2.05) is 36.5 Å². The van der Waals surface area contributed by atoms with Crippen LogP contribution in [0, 0.1) is 0 Å². The van der Waals surface area contributed by atoms with Crippen molar-refractivity contribution < 1.29 is 28.6 Å². The predicted octanol–water partition coefficient (Wildman–Crippen LogP) is 15.7. The molecule has 61 heavy (non-hydrogen) atoms. The van der Waals surface area contributed by atoms with Gasteiger partial charge in [-0.25, -0.2) is 0 Å². The number of ether oxygens (including phenoxy) is 3. The van der Waals surface area contributed by atoms with E-state index in [9.17, 15) is 14.4 Å². The van der Waals surface area contributed by atoms with Crippen LogP contribution in [-0.4, -0.2) is 37.2 Å². The molecule has 0 fully saturated rings. The number of rotatable bonds is 41. The van der Waals surface area contributed by atoms with E-state index in [4.69, 9.17) is 14.2 Å². The molecule has 342 valence electrons. The lowest BCUT2D eigenvalue weighted by Crippen LogP contribution is -2.30. The van der Waals surface area contributed by atoms with Gasteiger partial charge in [0.05, 0.1) is 0 Å². The van der Waals surface area contributed by atoms with Crippen molar-refractivity contribution in [3.63, 3.8) is 0 Å². The van der Waals surface area contributed by atoms with E-state index >= 15 is 0 Å². The molecule has 0 aliphatic rings. The second-order valence-electron chi connectivity index (χ2n) is 15.4. The van der Waals surface area contributed by atoms with E-state index in [-0.39, 0.29) is 37.5 Å². The first-order valence-electron chi connectivity index (χ1n) is 24.1. The maximum absolute atomic E-state index is 12.7. The fourth-order valence-electron chi connectivity index (χ4n) is 6.00. The number of allylic oxidation sites excluding steroid dienone is 20. The molecule has 0 aliphatic heterocycles. The Hall–Kier alpha value is -4.19. The van der Waals surface area contributed by atoms with Gasteiger partial charge in [-0.1, -0.05) is 194 Å². The molecule has 0 aromatic heterocycles. The highest BCUT2D eigenvalue weighted by molar-refractivity contribution is 5.71. The van der Waals surface area contributed by atoms with Crippen molar-refractivity contribution in [3.8, 4) is 0 Å². The van der Waals surface area contributed by atoms with Crippen LogP contribution in [0.4, 0.5) is 0 Å². The van der Waals surface area contributed by atoms with Gasteiger partial charge in [0.2, 0.25) is 0 Å². The molecule has 0 aliphatic carbocycles. The van der Waals surface area contributed by atoms with E-state index in [0.717, 1.165) is 103 Å². The minimum atomic E-state index is -0.825. The Labute approximate surface area is 373 Å². The number of hydrogen-bond acceptors (Lipinski definition) is 6. The van der Waals surface area contributed by atoms with E-state index < -0.39 is 6.10 Å². The Morgan fingerprint density at radius 1 is 0.361 bits per heavy atom. The zero-order valence-electron chi connectivity index (χ0n) is 38.9. The van der Waals surface area contributed by atoms with Crippen molar-refractivity contribution >= 4 is 17.9 Å². The zero-order chi connectivity index (χ0) is 44.4. The summed E-state index contributed by atoms with van der Waals surface area (Å²) in [6, 6.07) is 0. The zero-order valence-corrected chi connectivity index (χ0v) is 38.9. The van der Waals surface area contributed by atoms with Gasteiger partial charge in [-0.05, 0) is 96.3 Å². The van der Waals surface area contributed by atoms with Crippen molar-refractivity contribution in [3.05, 3.63) is 122 Å². The van der Waals surface area contributed by atoms with E-state index in [1.54, 1.807) is 0 Å². The second kappa shape index (κ2) is 48.5. The summed E-state index contributed by atoms with van der Waals surface area (Å²) >= 11 is 0. The first kappa shape index (κ1) is 56.8. The molecule has 0 aromatic rings. The summed E-state index contributed by atoms with van der Waals surface area (Å²) in [6.45, 7) is 6.25. The van der Waals surface area contributed by atoms with Gasteiger partial charge >= 0.3 is 17.9 Å². The van der Waals surface area contributed by atoms with Gasteiger partial charge in [-0.3, -0.25) is 14.4 Å². The normalized spacial score (nSPS) is 13.2. The summed E-state index contributed by atoms with van der Waals surface area (Å²) in [5, 5.41) is 0. The highest BCUT2D eigenvalue weighted by atomic mass is 16.6. The number of unbranched alkanes of at least 4 members (excludes halogenated alkanes) is 15. The fourth-order valence-corrected chi connectivity index (χ4v) is 6.00. The largest absolute Gasteiger partial charge is 0.462 e. The van der Waals surface area contributed by atoms with Crippen LogP contribution in [-0.2, 0) is 28.6 Å². The molecule has 1 atom stereocenters. The molecule has 0 aromatic carbocycles. The van der Waals surface area contributed by atoms with Crippen LogP contribution in [0.25, 0.3) is 0 Å². The van der Waals surface area contributed by atoms with Crippen molar-refractivity contribution in [1.29, 1.82) is 0 Å². The Kier molecular flexibility index (Phi) is 45.1. The highest BCUT2D eigenvalue weighted by Gasteiger charge is 2.19. The molecule has 0 radical (unpaired) electrons. The van der Waals surface area contributed by atoms with Gasteiger partial charge < -0.3 is 14.2 Å². The van der Waals surface area contributed by atoms with Crippen LogP contribution in [0.3, 0.4) is 0 Å². The molecule has 0 rings (SSSR count). The van der Waals surface area contributed by atoms with Crippen LogP contribution in [0.15, 0.2) is 122 Å². The lowest BCUT2D eigenvalue weighted by atomic mass is 10.1. The SMILES string of the molecule is CC\C=C/C=C\C=C/C=C\CCCCCC(=O)OC(COC(=O)CCCC/C=C\C/C=C\C/C=C\CC)COC(=O)CCCCCCC\C=C/C=C\C=C/CCCCCCC. The van der Waals surface area contributed by atoms with Gasteiger partial charge in [0.15, 0.2) is 6.10 Å². The summed E-state index contributed by atoms with van der Waals surface area (Å²) in [5.41, 5.74) is 0. The number of hydrogen-bond donors (Lipinski definition) is 0. The summed E-state index contributed by atoms with van der Waals surface area (Å²) in [4.78, 5) is 37.8. The van der Waals surface area contributed by atoms with Crippen LogP contribution in [0.5, 0.6) is 0 Å². The van der Waals surface area contributed by atoms with Gasteiger partial charge in [0, 0.05) is 19.3 Å². The van der Waals surface area contributed by atoms with E-state index in [0.29, 0.717) is 25.7 Å². The van der Waals surface area contributed by atoms with Gasteiger partial charge in [0.25, 0.3) is 0 Å². The molecular weight excluding hydrogens is 757 g/mol. The molecule has 6 nitrogen and oxygen atoms in total. The first-order chi connectivity index (χ1) is 30.0. The average molecular weight is 843 g/mol. The molecule has 1 unspecified atom stereocenters. The standard InChI is InChI=1S/C55H86O6/c1-4-7-10-13-16-19-22-25-26-27-28-29-31-33-36-39-42-45-48-54(57)60-51-52(50-59-53(56)47-44-41-38-35-32-24-21-18-15-12-9-6-3)61-55(58)49-46-43-40-37-34-30-23-20-17-14-11-8-5-2/h8-9,11-12,14,17-18,20-23,25-30,32,34-35,52H,4-7,10,13,15-16,19,24,31,33,36-51H2,1-3H3/b11-8-,12-9-,17-14-,21-18-,23-20-,25-22-,27-26-,29-28-,34-30-,35-32-. The van der Waals surface area contributed by atoms with E-state index in [1.165, 1.54) is 32.1 Å². The highest BCUT2D eigenvalue weighted by Crippen LogP contribution is 2.11. The number of carbonyl (C=O) groups excluding carboxylic acids is 3. The molecule has 0 spiro atoms. The number of esters is 3. The lowest BCUT2D eigenvalue weighted by molar-refractivity contribution is -0.167.